The number of piperazine rings is 1. The SMILES string of the molecule is CN1CCN(CCCN2CCN(c3ccncc3)c3ccccc32)CC1. The van der Waals surface area contributed by atoms with Crippen LogP contribution in [0, 0.1) is 0 Å². The van der Waals surface area contributed by atoms with Gasteiger partial charge in [-0.15, -0.1) is 0 Å². The number of aromatic nitrogens is 1. The van der Waals surface area contributed by atoms with Crippen molar-refractivity contribution in [3.8, 4) is 0 Å². The number of para-hydroxylation sites is 2. The second-order valence-corrected chi connectivity index (χ2v) is 7.33. The van der Waals surface area contributed by atoms with Gasteiger partial charge in [-0.25, -0.2) is 0 Å². The van der Waals surface area contributed by atoms with Crippen LogP contribution in [-0.4, -0.2) is 74.2 Å². The first-order valence-corrected chi connectivity index (χ1v) is 9.74. The van der Waals surface area contributed by atoms with Gasteiger partial charge in [0.25, 0.3) is 0 Å². The summed E-state index contributed by atoms with van der Waals surface area (Å²) in [5.74, 6) is 0. The minimum atomic E-state index is 1.02. The topological polar surface area (TPSA) is 25.9 Å². The Bertz CT molecular complexity index is 697. The average Bonchev–Trinajstić information content (AvgIpc) is 2.70. The second kappa shape index (κ2) is 8.06. The maximum Gasteiger partial charge on any atom is 0.0649 e. The first-order valence-electron chi connectivity index (χ1n) is 9.74. The molecule has 0 radical (unpaired) electrons. The van der Waals surface area contributed by atoms with Crippen LogP contribution in [0.25, 0.3) is 0 Å². The highest BCUT2D eigenvalue weighted by Gasteiger charge is 2.23. The van der Waals surface area contributed by atoms with Gasteiger partial charge in [0.2, 0.25) is 0 Å². The minimum Gasteiger partial charge on any atom is -0.368 e. The van der Waals surface area contributed by atoms with E-state index in [1.807, 2.05) is 12.4 Å². The van der Waals surface area contributed by atoms with Crippen LogP contribution in [0.5, 0.6) is 0 Å². The maximum atomic E-state index is 4.16. The summed E-state index contributed by atoms with van der Waals surface area (Å²) in [7, 11) is 2.22. The van der Waals surface area contributed by atoms with E-state index < -0.39 is 0 Å². The molecular weight excluding hydrogens is 322 g/mol. The lowest BCUT2D eigenvalue weighted by atomic mass is 10.1. The smallest absolute Gasteiger partial charge is 0.0649 e. The third kappa shape index (κ3) is 3.84. The normalized spacial score (nSPS) is 18.8. The van der Waals surface area contributed by atoms with Gasteiger partial charge in [0.1, 0.15) is 0 Å². The predicted octanol–water partition coefficient (Wildman–Crippen LogP) is 2.68. The van der Waals surface area contributed by atoms with Crippen LogP contribution >= 0.6 is 0 Å². The summed E-state index contributed by atoms with van der Waals surface area (Å²) < 4.78 is 0. The molecule has 5 nitrogen and oxygen atoms in total. The van der Waals surface area contributed by atoms with Crippen molar-refractivity contribution in [2.24, 2.45) is 0 Å². The van der Waals surface area contributed by atoms with Crippen LogP contribution < -0.4 is 9.80 Å². The van der Waals surface area contributed by atoms with Crippen LogP contribution in [0.1, 0.15) is 6.42 Å². The van der Waals surface area contributed by atoms with Crippen molar-refractivity contribution < 1.29 is 0 Å². The van der Waals surface area contributed by atoms with Crippen molar-refractivity contribution in [2.45, 2.75) is 6.42 Å². The number of pyridine rings is 1. The van der Waals surface area contributed by atoms with Crippen molar-refractivity contribution in [1.82, 2.24) is 14.8 Å². The molecule has 1 saturated heterocycles. The summed E-state index contributed by atoms with van der Waals surface area (Å²) in [5, 5.41) is 0. The van der Waals surface area contributed by atoms with E-state index >= 15 is 0 Å². The molecule has 0 bridgehead atoms. The Morgan fingerprint density at radius 3 is 2.31 bits per heavy atom. The molecular formula is C21H29N5. The van der Waals surface area contributed by atoms with Gasteiger partial charge in [-0.05, 0) is 44.3 Å². The summed E-state index contributed by atoms with van der Waals surface area (Å²) in [6.07, 6.45) is 4.98. The van der Waals surface area contributed by atoms with Gasteiger partial charge in [-0.1, -0.05) is 12.1 Å². The van der Waals surface area contributed by atoms with Crippen LogP contribution in [0.15, 0.2) is 48.8 Å². The maximum absolute atomic E-state index is 4.16. The summed E-state index contributed by atoms with van der Waals surface area (Å²) >= 11 is 0. The fourth-order valence-electron chi connectivity index (χ4n) is 4.00. The lowest BCUT2D eigenvalue weighted by Gasteiger charge is -2.39. The molecule has 2 aliphatic rings. The van der Waals surface area contributed by atoms with Gasteiger partial charge in [-0.3, -0.25) is 4.98 Å². The number of benzene rings is 1. The molecule has 138 valence electrons. The lowest BCUT2D eigenvalue weighted by molar-refractivity contribution is 0.153. The summed E-state index contributed by atoms with van der Waals surface area (Å²) in [6.45, 7) is 9.26. The average molecular weight is 351 g/mol. The van der Waals surface area contributed by atoms with E-state index in [9.17, 15) is 0 Å². The Morgan fingerprint density at radius 1 is 0.808 bits per heavy atom. The summed E-state index contributed by atoms with van der Waals surface area (Å²) in [4.78, 5) is 14.2. The van der Waals surface area contributed by atoms with Gasteiger partial charge >= 0.3 is 0 Å². The zero-order valence-corrected chi connectivity index (χ0v) is 15.7. The largest absolute Gasteiger partial charge is 0.368 e. The molecule has 0 spiro atoms. The molecule has 0 atom stereocenters. The summed E-state index contributed by atoms with van der Waals surface area (Å²) in [5.41, 5.74) is 3.89. The Kier molecular flexibility index (Phi) is 5.37. The molecule has 4 rings (SSSR count). The van der Waals surface area contributed by atoms with Gasteiger partial charge < -0.3 is 19.6 Å². The number of nitrogens with zero attached hydrogens (tertiary/aromatic N) is 5. The highest BCUT2D eigenvalue weighted by Crippen LogP contribution is 2.37. The van der Waals surface area contributed by atoms with E-state index in [2.05, 4.69) is 68.0 Å². The molecule has 26 heavy (non-hydrogen) atoms. The van der Waals surface area contributed by atoms with E-state index in [-0.39, 0.29) is 0 Å². The number of fused-ring (bicyclic) bond motifs is 1. The van der Waals surface area contributed by atoms with Gasteiger partial charge in [0.15, 0.2) is 0 Å². The van der Waals surface area contributed by atoms with E-state index in [1.54, 1.807) is 0 Å². The van der Waals surface area contributed by atoms with E-state index in [0.29, 0.717) is 0 Å². The molecule has 3 heterocycles. The lowest BCUT2D eigenvalue weighted by Crippen LogP contribution is -2.45. The first-order chi connectivity index (χ1) is 12.8. The van der Waals surface area contributed by atoms with Crippen molar-refractivity contribution in [1.29, 1.82) is 0 Å². The zero-order chi connectivity index (χ0) is 17.8. The van der Waals surface area contributed by atoms with Crippen LogP contribution in [-0.2, 0) is 0 Å². The van der Waals surface area contributed by atoms with Gasteiger partial charge in [-0.2, -0.15) is 0 Å². The molecule has 1 aromatic heterocycles. The molecule has 0 saturated carbocycles. The van der Waals surface area contributed by atoms with Gasteiger partial charge in [0.05, 0.1) is 11.4 Å². The molecule has 0 aliphatic carbocycles. The van der Waals surface area contributed by atoms with Crippen molar-refractivity contribution >= 4 is 17.1 Å². The Balaban J connectivity index is 1.40. The van der Waals surface area contributed by atoms with E-state index in [1.165, 1.54) is 56.2 Å². The van der Waals surface area contributed by atoms with Crippen LogP contribution in [0.2, 0.25) is 0 Å². The number of hydrogen-bond donors (Lipinski definition) is 0. The third-order valence-corrected chi connectivity index (χ3v) is 5.58. The van der Waals surface area contributed by atoms with E-state index in [4.69, 9.17) is 0 Å². The summed E-state index contributed by atoms with van der Waals surface area (Å²) in [6, 6.07) is 13.0. The molecule has 5 heteroatoms. The first kappa shape index (κ1) is 17.3. The molecule has 2 aromatic rings. The van der Waals surface area contributed by atoms with Crippen LogP contribution in [0.4, 0.5) is 17.1 Å². The van der Waals surface area contributed by atoms with Crippen LogP contribution in [0.3, 0.4) is 0 Å². The molecule has 0 N–H and O–H groups in total. The number of anilines is 3. The van der Waals surface area contributed by atoms with Crippen molar-refractivity contribution in [3.63, 3.8) is 0 Å². The molecule has 0 unspecified atom stereocenters. The minimum absolute atomic E-state index is 1.02. The molecule has 1 fully saturated rings. The number of rotatable bonds is 5. The fourth-order valence-corrected chi connectivity index (χ4v) is 4.00. The number of hydrogen-bond acceptors (Lipinski definition) is 5. The molecule has 0 amide bonds. The second-order valence-electron chi connectivity index (χ2n) is 7.33. The van der Waals surface area contributed by atoms with Crippen molar-refractivity contribution in [2.75, 3.05) is 69.2 Å². The Hall–Kier alpha value is -2.11. The molecule has 2 aliphatic heterocycles. The molecule has 1 aromatic carbocycles. The Morgan fingerprint density at radius 2 is 1.54 bits per heavy atom. The highest BCUT2D eigenvalue weighted by molar-refractivity contribution is 5.79. The number of likely N-dealkylation sites (N-methyl/N-ethyl adjacent to an activating group) is 1. The highest BCUT2D eigenvalue weighted by atomic mass is 15.3. The van der Waals surface area contributed by atoms with E-state index in [0.717, 1.165) is 19.6 Å². The monoisotopic (exact) mass is 351 g/mol. The quantitative estimate of drug-likeness (QED) is 0.825. The van der Waals surface area contributed by atoms with Gasteiger partial charge in [0, 0.05) is 63.9 Å². The standard InChI is InChI=1S/C21H29N5/c1-23-13-15-24(16-14-23)11-4-12-25-17-18-26(19-7-9-22-10-8-19)21-6-3-2-5-20(21)25/h2-3,5-10H,4,11-18H2,1H3. The predicted molar refractivity (Wildman–Crippen MR) is 108 cm³/mol. The van der Waals surface area contributed by atoms with Crippen molar-refractivity contribution in [3.05, 3.63) is 48.8 Å². The fraction of sp³-hybridized carbons (Fsp3) is 0.476. The Labute approximate surface area is 156 Å². The third-order valence-electron chi connectivity index (χ3n) is 5.58. The zero-order valence-electron chi connectivity index (χ0n) is 15.7.